The predicted octanol–water partition coefficient (Wildman–Crippen LogP) is 1.28. The molecular formula is C6H12NO4P. The van der Waals surface area contributed by atoms with Crippen LogP contribution in [0.25, 0.3) is 0 Å². The molecule has 0 amide bonds. The van der Waals surface area contributed by atoms with E-state index in [0.717, 1.165) is 0 Å². The number of nitrogens with zero attached hydrogens (tertiary/aromatic N) is 1. The standard InChI is InChI=1S/C6H12NO4P/c1-3-6(2)11-12(9,10)5-7-4-8/h6H,3,5H2,1-2H3,(H,9,10). The van der Waals surface area contributed by atoms with E-state index in [2.05, 4.69) is 4.99 Å². The summed E-state index contributed by atoms with van der Waals surface area (Å²) in [7, 11) is -3.71. The van der Waals surface area contributed by atoms with Gasteiger partial charge in [0, 0.05) is 0 Å². The Morgan fingerprint density at radius 2 is 2.33 bits per heavy atom. The molecule has 12 heavy (non-hydrogen) atoms. The highest BCUT2D eigenvalue weighted by atomic mass is 31.2. The first-order valence-electron chi connectivity index (χ1n) is 3.55. The second-order valence-electron chi connectivity index (χ2n) is 2.35. The van der Waals surface area contributed by atoms with Crippen molar-refractivity contribution in [3.63, 3.8) is 0 Å². The van der Waals surface area contributed by atoms with Crippen molar-refractivity contribution in [2.45, 2.75) is 26.4 Å². The van der Waals surface area contributed by atoms with Crippen LogP contribution in [0.1, 0.15) is 20.3 Å². The highest BCUT2D eigenvalue weighted by molar-refractivity contribution is 7.52. The molecule has 0 spiro atoms. The van der Waals surface area contributed by atoms with Crippen molar-refractivity contribution in [2.24, 2.45) is 4.99 Å². The summed E-state index contributed by atoms with van der Waals surface area (Å²) in [6, 6.07) is 0. The molecule has 70 valence electrons. The van der Waals surface area contributed by atoms with Crippen molar-refractivity contribution in [1.29, 1.82) is 0 Å². The Balaban J connectivity index is 4.03. The Bertz CT molecular complexity index is 224. The number of aliphatic imine (C=N–C) groups is 1. The first kappa shape index (κ1) is 11.5. The summed E-state index contributed by atoms with van der Waals surface area (Å²) >= 11 is 0. The summed E-state index contributed by atoms with van der Waals surface area (Å²) in [6.45, 7) is 3.50. The Labute approximate surface area is 71.0 Å². The quantitative estimate of drug-likeness (QED) is 0.405. The number of carbonyl (C=O) groups excluding carboxylic acids is 1. The molecule has 2 unspecified atom stereocenters. The summed E-state index contributed by atoms with van der Waals surface area (Å²) in [5.41, 5.74) is 0. The maximum atomic E-state index is 11.0. The van der Waals surface area contributed by atoms with Crippen molar-refractivity contribution in [3.8, 4) is 0 Å². The highest BCUT2D eigenvalue weighted by Gasteiger charge is 2.21. The predicted molar refractivity (Wildman–Crippen MR) is 43.7 cm³/mol. The van der Waals surface area contributed by atoms with Gasteiger partial charge in [-0.15, -0.1) is 0 Å². The summed E-state index contributed by atoms with van der Waals surface area (Å²) < 4.78 is 15.7. The lowest BCUT2D eigenvalue weighted by Gasteiger charge is -2.13. The van der Waals surface area contributed by atoms with Crippen LogP contribution >= 0.6 is 7.60 Å². The van der Waals surface area contributed by atoms with Crippen molar-refractivity contribution >= 4 is 13.7 Å². The van der Waals surface area contributed by atoms with E-state index < -0.39 is 13.9 Å². The van der Waals surface area contributed by atoms with Gasteiger partial charge in [-0.05, 0) is 13.3 Å². The Morgan fingerprint density at radius 3 is 2.75 bits per heavy atom. The van der Waals surface area contributed by atoms with Gasteiger partial charge in [-0.1, -0.05) is 6.92 Å². The van der Waals surface area contributed by atoms with Crippen LogP contribution in [0.2, 0.25) is 0 Å². The molecule has 0 saturated carbocycles. The summed E-state index contributed by atoms with van der Waals surface area (Å²) in [4.78, 5) is 21.6. The van der Waals surface area contributed by atoms with Gasteiger partial charge in [0.05, 0.1) is 6.10 Å². The molecule has 0 aliphatic heterocycles. The van der Waals surface area contributed by atoms with Gasteiger partial charge in [0.2, 0.25) is 6.08 Å². The van der Waals surface area contributed by atoms with Gasteiger partial charge < -0.3 is 9.42 Å². The van der Waals surface area contributed by atoms with Gasteiger partial charge in [-0.3, -0.25) is 4.57 Å². The molecule has 0 saturated heterocycles. The minimum atomic E-state index is -3.71. The topological polar surface area (TPSA) is 76.0 Å². The second-order valence-corrected chi connectivity index (χ2v) is 4.12. The highest BCUT2D eigenvalue weighted by Crippen LogP contribution is 2.43. The third kappa shape index (κ3) is 5.22. The maximum absolute atomic E-state index is 11.0. The van der Waals surface area contributed by atoms with E-state index >= 15 is 0 Å². The molecule has 0 heterocycles. The van der Waals surface area contributed by atoms with Gasteiger partial charge in [-0.25, -0.2) is 4.79 Å². The van der Waals surface area contributed by atoms with Gasteiger partial charge in [0.25, 0.3) is 0 Å². The number of rotatable bonds is 5. The van der Waals surface area contributed by atoms with Crippen LogP contribution in [-0.4, -0.2) is 23.4 Å². The van der Waals surface area contributed by atoms with Crippen LogP contribution in [-0.2, 0) is 13.9 Å². The van der Waals surface area contributed by atoms with Crippen LogP contribution in [0.4, 0.5) is 0 Å². The average molecular weight is 193 g/mol. The third-order valence-electron chi connectivity index (χ3n) is 1.23. The fourth-order valence-electron chi connectivity index (χ4n) is 0.507. The molecular weight excluding hydrogens is 181 g/mol. The minimum Gasteiger partial charge on any atom is -0.323 e. The Morgan fingerprint density at radius 1 is 1.75 bits per heavy atom. The van der Waals surface area contributed by atoms with E-state index in [1.807, 2.05) is 6.92 Å². The van der Waals surface area contributed by atoms with E-state index in [9.17, 15) is 9.36 Å². The van der Waals surface area contributed by atoms with E-state index in [1.54, 1.807) is 6.92 Å². The molecule has 0 rings (SSSR count). The van der Waals surface area contributed by atoms with Gasteiger partial charge in [0.1, 0.15) is 0 Å². The smallest absolute Gasteiger partial charge is 0.323 e. The lowest BCUT2D eigenvalue weighted by atomic mass is 10.3. The molecule has 1 N–H and O–H groups in total. The molecule has 0 aliphatic carbocycles. The molecule has 0 radical (unpaired) electrons. The van der Waals surface area contributed by atoms with Crippen molar-refractivity contribution in [3.05, 3.63) is 0 Å². The molecule has 2 atom stereocenters. The molecule has 0 bridgehead atoms. The van der Waals surface area contributed by atoms with Gasteiger partial charge >= 0.3 is 7.60 Å². The van der Waals surface area contributed by atoms with Crippen LogP contribution in [0.3, 0.4) is 0 Å². The molecule has 0 aromatic rings. The number of hydrogen-bond donors (Lipinski definition) is 1. The summed E-state index contributed by atoms with van der Waals surface area (Å²) in [5.74, 6) is 0. The molecule has 0 fully saturated rings. The van der Waals surface area contributed by atoms with E-state index in [0.29, 0.717) is 6.42 Å². The second kappa shape index (κ2) is 5.22. The van der Waals surface area contributed by atoms with E-state index in [1.165, 1.54) is 6.08 Å². The minimum absolute atomic E-state index is 0.303. The van der Waals surface area contributed by atoms with Gasteiger partial charge in [0.15, 0.2) is 6.29 Å². The van der Waals surface area contributed by atoms with Crippen LogP contribution < -0.4 is 0 Å². The normalized spacial score (nSPS) is 17.6. The Hall–Kier alpha value is -0.470. The molecule has 6 heteroatoms. The first-order valence-corrected chi connectivity index (χ1v) is 5.32. The van der Waals surface area contributed by atoms with E-state index in [-0.39, 0.29) is 6.10 Å². The lowest BCUT2D eigenvalue weighted by molar-refractivity contribution is 0.186. The van der Waals surface area contributed by atoms with Crippen LogP contribution in [0.5, 0.6) is 0 Å². The molecule has 0 aliphatic rings. The van der Waals surface area contributed by atoms with Crippen molar-refractivity contribution < 1.29 is 18.8 Å². The maximum Gasteiger partial charge on any atom is 0.350 e. The lowest BCUT2D eigenvalue weighted by Crippen LogP contribution is -2.05. The van der Waals surface area contributed by atoms with Gasteiger partial charge in [-0.2, -0.15) is 4.99 Å². The monoisotopic (exact) mass is 193 g/mol. The summed E-state index contributed by atoms with van der Waals surface area (Å²) in [6.07, 6.45) is 0.996. The average Bonchev–Trinajstić information content (AvgIpc) is 2.00. The molecule has 0 aromatic heterocycles. The zero-order valence-electron chi connectivity index (χ0n) is 7.06. The van der Waals surface area contributed by atoms with Crippen LogP contribution in [0.15, 0.2) is 4.99 Å². The third-order valence-corrected chi connectivity index (χ3v) is 2.42. The largest absolute Gasteiger partial charge is 0.350 e. The number of hydrogen-bond acceptors (Lipinski definition) is 4. The summed E-state index contributed by atoms with van der Waals surface area (Å²) in [5, 5.41) is 0. The van der Waals surface area contributed by atoms with E-state index in [4.69, 9.17) is 9.42 Å². The van der Waals surface area contributed by atoms with Crippen molar-refractivity contribution in [2.75, 3.05) is 6.29 Å². The van der Waals surface area contributed by atoms with Crippen LogP contribution in [0, 0.1) is 0 Å². The fraction of sp³-hybridized carbons (Fsp3) is 0.833. The first-order chi connectivity index (χ1) is 5.52. The SMILES string of the molecule is CCC(C)OP(=O)(O)CN=C=O. The molecule has 5 nitrogen and oxygen atoms in total. The zero-order valence-corrected chi connectivity index (χ0v) is 7.95. The fourth-order valence-corrected chi connectivity index (χ4v) is 1.52. The van der Waals surface area contributed by atoms with Crippen molar-refractivity contribution in [1.82, 2.24) is 0 Å². The zero-order chi connectivity index (χ0) is 9.61. The number of isocyanates is 1. The molecule has 0 aromatic carbocycles. The Kier molecular flexibility index (Phi) is 5.02.